The fourth-order valence-electron chi connectivity index (χ4n) is 4.16. The van der Waals surface area contributed by atoms with Crippen LogP contribution in [0.25, 0.3) is 17.1 Å². The first-order valence-electron chi connectivity index (χ1n) is 11.7. The lowest BCUT2D eigenvalue weighted by molar-refractivity contribution is -0.131. The Hall–Kier alpha value is -3.52. The Kier molecular flexibility index (Phi) is 6.90. The standard InChI is InChI=1S/C27H26FN5OS/c1-19(21-7-8-21)32(17-20-5-3-2-4-6-20)25(34)18-35-27-31-30-26(22-13-15-29-16-14-22)33(27)24-11-9-23(28)10-12-24/h2-6,9-16,19,21H,7-8,17-18H2,1H3. The fourth-order valence-corrected chi connectivity index (χ4v) is 4.99. The summed E-state index contributed by atoms with van der Waals surface area (Å²) in [6.07, 6.45) is 5.72. The lowest BCUT2D eigenvalue weighted by Gasteiger charge is -2.29. The summed E-state index contributed by atoms with van der Waals surface area (Å²) in [7, 11) is 0. The molecular formula is C27H26FN5OS. The minimum atomic E-state index is -0.317. The maximum atomic E-state index is 13.6. The van der Waals surface area contributed by atoms with Gasteiger partial charge in [0.25, 0.3) is 0 Å². The van der Waals surface area contributed by atoms with Crippen molar-refractivity contribution in [3.05, 3.63) is 90.5 Å². The van der Waals surface area contributed by atoms with E-state index in [0.29, 0.717) is 23.4 Å². The predicted octanol–water partition coefficient (Wildman–Crippen LogP) is 5.39. The number of amides is 1. The van der Waals surface area contributed by atoms with E-state index in [1.807, 2.05) is 39.8 Å². The zero-order valence-corrected chi connectivity index (χ0v) is 20.2. The van der Waals surface area contributed by atoms with Crippen LogP contribution in [0.4, 0.5) is 4.39 Å². The van der Waals surface area contributed by atoms with E-state index in [4.69, 9.17) is 0 Å². The molecule has 4 aromatic rings. The summed E-state index contributed by atoms with van der Waals surface area (Å²) in [6.45, 7) is 2.73. The van der Waals surface area contributed by atoms with Crippen molar-refractivity contribution in [2.45, 2.75) is 37.5 Å². The van der Waals surface area contributed by atoms with Crippen LogP contribution < -0.4 is 0 Å². The lowest BCUT2D eigenvalue weighted by Crippen LogP contribution is -2.40. The Labute approximate surface area is 208 Å². The van der Waals surface area contributed by atoms with Gasteiger partial charge in [0.15, 0.2) is 11.0 Å². The Morgan fingerprint density at radius 2 is 1.77 bits per heavy atom. The number of aromatic nitrogens is 4. The largest absolute Gasteiger partial charge is 0.335 e. The summed E-state index contributed by atoms with van der Waals surface area (Å²) in [6, 6.07) is 20.2. The first-order valence-corrected chi connectivity index (χ1v) is 12.7. The molecule has 1 atom stereocenters. The molecule has 178 valence electrons. The summed E-state index contributed by atoms with van der Waals surface area (Å²) in [4.78, 5) is 19.5. The summed E-state index contributed by atoms with van der Waals surface area (Å²) in [5.74, 6) is 1.16. The van der Waals surface area contributed by atoms with Gasteiger partial charge < -0.3 is 4.90 Å². The molecule has 2 aromatic carbocycles. The second kappa shape index (κ2) is 10.4. The third kappa shape index (κ3) is 5.43. The molecule has 0 radical (unpaired) electrons. The first kappa shape index (κ1) is 23.2. The fraction of sp³-hybridized carbons (Fsp3) is 0.259. The van der Waals surface area contributed by atoms with Gasteiger partial charge in [-0.1, -0.05) is 42.1 Å². The number of hydrogen-bond donors (Lipinski definition) is 0. The first-order chi connectivity index (χ1) is 17.1. The number of thioether (sulfide) groups is 1. The number of benzene rings is 2. The van der Waals surface area contributed by atoms with Crippen LogP contribution in [-0.4, -0.2) is 42.4 Å². The molecule has 1 fully saturated rings. The minimum absolute atomic E-state index is 0.0670. The van der Waals surface area contributed by atoms with Crippen LogP contribution in [0.15, 0.2) is 84.3 Å². The smallest absolute Gasteiger partial charge is 0.233 e. The van der Waals surface area contributed by atoms with Crippen LogP contribution in [-0.2, 0) is 11.3 Å². The molecule has 0 bridgehead atoms. The van der Waals surface area contributed by atoms with E-state index in [1.165, 1.54) is 36.7 Å². The van der Waals surface area contributed by atoms with Crippen LogP contribution in [0.3, 0.4) is 0 Å². The van der Waals surface area contributed by atoms with Gasteiger partial charge in [0, 0.05) is 36.2 Å². The van der Waals surface area contributed by atoms with Crippen molar-refractivity contribution in [2.24, 2.45) is 5.92 Å². The van der Waals surface area contributed by atoms with E-state index in [0.717, 1.165) is 16.8 Å². The molecule has 0 saturated heterocycles. The van der Waals surface area contributed by atoms with Crippen molar-refractivity contribution in [1.29, 1.82) is 0 Å². The van der Waals surface area contributed by atoms with Crippen LogP contribution in [0.5, 0.6) is 0 Å². The summed E-state index contributed by atoms with van der Waals surface area (Å²) in [5, 5.41) is 9.36. The van der Waals surface area contributed by atoms with E-state index in [9.17, 15) is 9.18 Å². The van der Waals surface area contributed by atoms with Gasteiger partial charge in [0.05, 0.1) is 5.75 Å². The molecule has 2 aromatic heterocycles. The highest BCUT2D eigenvalue weighted by molar-refractivity contribution is 7.99. The highest BCUT2D eigenvalue weighted by Gasteiger charge is 2.34. The summed E-state index contributed by atoms with van der Waals surface area (Å²) >= 11 is 1.35. The monoisotopic (exact) mass is 487 g/mol. The molecule has 1 aliphatic rings. The van der Waals surface area contributed by atoms with Crippen molar-refractivity contribution in [3.8, 4) is 17.1 Å². The van der Waals surface area contributed by atoms with Gasteiger partial charge in [-0.25, -0.2) is 4.39 Å². The molecule has 35 heavy (non-hydrogen) atoms. The normalized spacial score (nSPS) is 14.0. The number of hydrogen-bond acceptors (Lipinski definition) is 5. The number of carbonyl (C=O) groups is 1. The number of rotatable bonds is 9. The van der Waals surface area contributed by atoms with E-state index >= 15 is 0 Å². The quantitative estimate of drug-likeness (QED) is 0.296. The van der Waals surface area contributed by atoms with Crippen molar-refractivity contribution in [1.82, 2.24) is 24.6 Å². The molecule has 6 nitrogen and oxygen atoms in total. The molecule has 0 spiro atoms. The van der Waals surface area contributed by atoms with Crippen LogP contribution >= 0.6 is 11.8 Å². The van der Waals surface area contributed by atoms with Gasteiger partial charge in [0.1, 0.15) is 5.82 Å². The molecule has 1 amide bonds. The SMILES string of the molecule is CC(C1CC1)N(Cc1ccccc1)C(=O)CSc1nnc(-c2ccncc2)n1-c1ccc(F)cc1. The number of carbonyl (C=O) groups excluding carboxylic acids is 1. The van der Waals surface area contributed by atoms with E-state index < -0.39 is 0 Å². The molecular weight excluding hydrogens is 461 g/mol. The zero-order chi connectivity index (χ0) is 24.2. The van der Waals surface area contributed by atoms with Crippen molar-refractivity contribution < 1.29 is 9.18 Å². The van der Waals surface area contributed by atoms with E-state index in [1.54, 1.807) is 24.5 Å². The molecule has 1 aliphatic carbocycles. The second-order valence-electron chi connectivity index (χ2n) is 8.73. The van der Waals surface area contributed by atoms with Gasteiger partial charge in [-0.15, -0.1) is 10.2 Å². The average molecular weight is 488 g/mol. The Balaban J connectivity index is 1.40. The second-order valence-corrected chi connectivity index (χ2v) is 9.67. The van der Waals surface area contributed by atoms with E-state index in [-0.39, 0.29) is 23.5 Å². The maximum absolute atomic E-state index is 13.6. The molecule has 2 heterocycles. The highest BCUT2D eigenvalue weighted by atomic mass is 32.2. The summed E-state index contributed by atoms with van der Waals surface area (Å²) < 4.78 is 15.5. The van der Waals surface area contributed by atoms with Crippen LogP contribution in [0, 0.1) is 11.7 Å². The lowest BCUT2D eigenvalue weighted by atomic mass is 10.1. The zero-order valence-electron chi connectivity index (χ0n) is 19.4. The van der Waals surface area contributed by atoms with Gasteiger partial charge in [0.2, 0.25) is 5.91 Å². The van der Waals surface area contributed by atoms with Gasteiger partial charge >= 0.3 is 0 Å². The minimum Gasteiger partial charge on any atom is -0.335 e. The third-order valence-electron chi connectivity index (χ3n) is 6.29. The van der Waals surface area contributed by atoms with Gasteiger partial charge in [-0.05, 0) is 67.6 Å². The molecule has 0 aliphatic heterocycles. The van der Waals surface area contributed by atoms with Crippen molar-refractivity contribution in [3.63, 3.8) is 0 Å². The third-order valence-corrected chi connectivity index (χ3v) is 7.21. The Morgan fingerprint density at radius 3 is 2.46 bits per heavy atom. The topological polar surface area (TPSA) is 63.9 Å². The van der Waals surface area contributed by atoms with Crippen LogP contribution in [0.1, 0.15) is 25.3 Å². The number of nitrogens with zero attached hydrogens (tertiary/aromatic N) is 5. The average Bonchev–Trinajstić information content (AvgIpc) is 3.66. The molecule has 1 unspecified atom stereocenters. The molecule has 1 saturated carbocycles. The number of halogens is 1. The molecule has 8 heteroatoms. The summed E-state index contributed by atoms with van der Waals surface area (Å²) in [5.41, 5.74) is 2.68. The highest BCUT2D eigenvalue weighted by Crippen LogP contribution is 2.36. The molecule has 5 rings (SSSR count). The van der Waals surface area contributed by atoms with Gasteiger partial charge in [-0.2, -0.15) is 0 Å². The maximum Gasteiger partial charge on any atom is 0.233 e. The number of pyridine rings is 1. The van der Waals surface area contributed by atoms with Gasteiger partial charge in [-0.3, -0.25) is 14.3 Å². The van der Waals surface area contributed by atoms with Crippen LogP contribution in [0.2, 0.25) is 0 Å². The predicted molar refractivity (Wildman–Crippen MR) is 134 cm³/mol. The van der Waals surface area contributed by atoms with E-state index in [2.05, 4.69) is 34.2 Å². The van der Waals surface area contributed by atoms with Crippen molar-refractivity contribution >= 4 is 17.7 Å². The Morgan fingerprint density at radius 1 is 1.06 bits per heavy atom. The van der Waals surface area contributed by atoms with Crippen molar-refractivity contribution in [2.75, 3.05) is 5.75 Å². The Bertz CT molecular complexity index is 1280. The molecule has 0 N–H and O–H groups in total.